The molecule has 8 heteroatoms. The SMILES string of the molecule is COc1ccc(CCNc2cc(-c3cccc(C(=O)NCC=N)c3)nc(OC)n2)cc1. The summed E-state index contributed by atoms with van der Waals surface area (Å²) in [5, 5.41) is 13.0. The van der Waals surface area contributed by atoms with Gasteiger partial charge in [-0.15, -0.1) is 0 Å². The van der Waals surface area contributed by atoms with Crippen LogP contribution in [0.15, 0.2) is 54.6 Å². The van der Waals surface area contributed by atoms with Crippen LogP contribution in [-0.4, -0.2) is 49.4 Å². The number of anilines is 1. The Labute approximate surface area is 181 Å². The van der Waals surface area contributed by atoms with Gasteiger partial charge in [-0.3, -0.25) is 4.79 Å². The van der Waals surface area contributed by atoms with Gasteiger partial charge in [-0.1, -0.05) is 24.3 Å². The molecule has 0 unspecified atom stereocenters. The molecule has 1 heterocycles. The maximum absolute atomic E-state index is 12.2. The number of ether oxygens (including phenoxy) is 2. The van der Waals surface area contributed by atoms with Crippen LogP contribution in [0, 0.1) is 5.41 Å². The molecule has 0 fully saturated rings. The van der Waals surface area contributed by atoms with Crippen LogP contribution in [0.1, 0.15) is 15.9 Å². The highest BCUT2D eigenvalue weighted by Gasteiger charge is 2.10. The van der Waals surface area contributed by atoms with Crippen LogP contribution < -0.4 is 20.1 Å². The molecular formula is C23H25N5O3. The summed E-state index contributed by atoms with van der Waals surface area (Å²) >= 11 is 0. The van der Waals surface area contributed by atoms with E-state index in [-0.39, 0.29) is 18.5 Å². The van der Waals surface area contributed by atoms with Gasteiger partial charge in [0.2, 0.25) is 0 Å². The van der Waals surface area contributed by atoms with Crippen LogP contribution in [0.4, 0.5) is 5.82 Å². The van der Waals surface area contributed by atoms with Gasteiger partial charge in [0.1, 0.15) is 11.6 Å². The lowest BCUT2D eigenvalue weighted by molar-refractivity contribution is 0.0959. The van der Waals surface area contributed by atoms with E-state index in [0.29, 0.717) is 23.6 Å². The zero-order chi connectivity index (χ0) is 22.1. The molecule has 3 rings (SSSR count). The quantitative estimate of drug-likeness (QED) is 0.436. The molecule has 1 aromatic heterocycles. The molecule has 2 aromatic carbocycles. The molecule has 3 aromatic rings. The minimum absolute atomic E-state index is 0.187. The third kappa shape index (κ3) is 6.02. The Hall–Kier alpha value is -3.94. The van der Waals surface area contributed by atoms with E-state index < -0.39 is 0 Å². The lowest BCUT2D eigenvalue weighted by Gasteiger charge is -2.11. The zero-order valence-electron chi connectivity index (χ0n) is 17.5. The molecule has 31 heavy (non-hydrogen) atoms. The second kappa shape index (κ2) is 10.7. The second-order valence-electron chi connectivity index (χ2n) is 6.64. The van der Waals surface area contributed by atoms with Crippen LogP contribution in [-0.2, 0) is 6.42 Å². The highest BCUT2D eigenvalue weighted by molar-refractivity contribution is 5.96. The molecule has 0 saturated carbocycles. The van der Waals surface area contributed by atoms with Crippen molar-refractivity contribution >= 4 is 17.9 Å². The Morgan fingerprint density at radius 1 is 1.06 bits per heavy atom. The van der Waals surface area contributed by atoms with Crippen molar-refractivity contribution in [1.29, 1.82) is 5.41 Å². The average molecular weight is 419 g/mol. The maximum atomic E-state index is 12.2. The average Bonchev–Trinajstić information content (AvgIpc) is 2.82. The third-order valence-corrected chi connectivity index (χ3v) is 4.55. The Bertz CT molecular complexity index is 1040. The number of amides is 1. The van der Waals surface area contributed by atoms with E-state index in [2.05, 4.69) is 20.6 Å². The van der Waals surface area contributed by atoms with Crippen molar-refractivity contribution in [3.63, 3.8) is 0 Å². The Morgan fingerprint density at radius 3 is 2.58 bits per heavy atom. The Kier molecular flexibility index (Phi) is 7.53. The van der Waals surface area contributed by atoms with E-state index in [1.807, 2.05) is 36.4 Å². The van der Waals surface area contributed by atoms with E-state index in [9.17, 15) is 4.79 Å². The predicted molar refractivity (Wildman–Crippen MR) is 120 cm³/mol. The van der Waals surface area contributed by atoms with Crippen LogP contribution in [0.3, 0.4) is 0 Å². The molecular weight excluding hydrogens is 394 g/mol. The van der Waals surface area contributed by atoms with E-state index >= 15 is 0 Å². The van der Waals surface area contributed by atoms with E-state index in [1.54, 1.807) is 25.3 Å². The number of hydrogen-bond donors (Lipinski definition) is 3. The number of benzene rings is 2. The van der Waals surface area contributed by atoms with Crippen LogP contribution in [0.25, 0.3) is 11.3 Å². The number of nitrogens with one attached hydrogen (secondary N) is 3. The summed E-state index contributed by atoms with van der Waals surface area (Å²) in [5.41, 5.74) is 3.08. The molecule has 160 valence electrons. The van der Waals surface area contributed by atoms with Gasteiger partial charge in [-0.05, 0) is 36.2 Å². The first-order valence-corrected chi connectivity index (χ1v) is 9.80. The van der Waals surface area contributed by atoms with Crippen molar-refractivity contribution in [2.45, 2.75) is 6.42 Å². The molecule has 0 saturated heterocycles. The number of methoxy groups -OCH3 is 2. The van der Waals surface area contributed by atoms with Gasteiger partial charge >= 0.3 is 6.01 Å². The Morgan fingerprint density at radius 2 is 1.87 bits per heavy atom. The van der Waals surface area contributed by atoms with Gasteiger partial charge in [0.15, 0.2) is 0 Å². The van der Waals surface area contributed by atoms with Gasteiger partial charge in [-0.25, -0.2) is 0 Å². The van der Waals surface area contributed by atoms with Gasteiger partial charge in [0.05, 0.1) is 26.5 Å². The fraction of sp³-hybridized carbons (Fsp3) is 0.217. The Balaban J connectivity index is 1.74. The van der Waals surface area contributed by atoms with Crippen LogP contribution in [0.2, 0.25) is 0 Å². The zero-order valence-corrected chi connectivity index (χ0v) is 17.5. The largest absolute Gasteiger partial charge is 0.497 e. The fourth-order valence-electron chi connectivity index (χ4n) is 2.95. The van der Waals surface area contributed by atoms with E-state index in [0.717, 1.165) is 23.9 Å². The lowest BCUT2D eigenvalue weighted by atomic mass is 10.1. The van der Waals surface area contributed by atoms with Crippen molar-refractivity contribution in [3.05, 3.63) is 65.7 Å². The highest BCUT2D eigenvalue weighted by Crippen LogP contribution is 2.23. The first-order chi connectivity index (χ1) is 15.1. The summed E-state index contributed by atoms with van der Waals surface area (Å²) in [6.45, 7) is 0.866. The van der Waals surface area contributed by atoms with Crippen LogP contribution >= 0.6 is 0 Å². The number of carbonyl (C=O) groups excluding carboxylic acids is 1. The number of aromatic nitrogens is 2. The summed E-state index contributed by atoms with van der Waals surface area (Å²) in [4.78, 5) is 21.0. The third-order valence-electron chi connectivity index (χ3n) is 4.55. The van der Waals surface area contributed by atoms with E-state index in [4.69, 9.17) is 14.9 Å². The van der Waals surface area contributed by atoms with Gasteiger partial charge in [0.25, 0.3) is 5.91 Å². The van der Waals surface area contributed by atoms with E-state index in [1.165, 1.54) is 12.7 Å². The molecule has 8 nitrogen and oxygen atoms in total. The first kappa shape index (κ1) is 21.8. The lowest BCUT2D eigenvalue weighted by Crippen LogP contribution is -2.24. The van der Waals surface area contributed by atoms with Crippen LogP contribution in [0.5, 0.6) is 11.8 Å². The molecule has 0 aliphatic carbocycles. The summed E-state index contributed by atoms with van der Waals surface area (Å²) in [7, 11) is 3.16. The predicted octanol–water partition coefficient (Wildman–Crippen LogP) is 3.19. The molecule has 3 N–H and O–H groups in total. The molecule has 0 aliphatic heterocycles. The van der Waals surface area contributed by atoms with Gasteiger partial charge < -0.3 is 25.5 Å². The van der Waals surface area contributed by atoms with Gasteiger partial charge in [0, 0.05) is 30.0 Å². The number of nitrogens with zero attached hydrogens (tertiary/aromatic N) is 2. The second-order valence-corrected chi connectivity index (χ2v) is 6.64. The number of hydrogen-bond acceptors (Lipinski definition) is 7. The smallest absolute Gasteiger partial charge is 0.318 e. The summed E-state index contributed by atoms with van der Waals surface area (Å²) in [6.07, 6.45) is 1.95. The number of rotatable bonds is 10. The van der Waals surface area contributed by atoms with Crippen molar-refractivity contribution in [2.75, 3.05) is 32.6 Å². The minimum atomic E-state index is -0.246. The fourth-order valence-corrected chi connectivity index (χ4v) is 2.95. The van der Waals surface area contributed by atoms with Crippen molar-refractivity contribution in [1.82, 2.24) is 15.3 Å². The van der Waals surface area contributed by atoms with Crippen molar-refractivity contribution < 1.29 is 14.3 Å². The molecule has 0 aliphatic rings. The maximum Gasteiger partial charge on any atom is 0.318 e. The normalized spacial score (nSPS) is 10.3. The van der Waals surface area contributed by atoms with Crippen molar-refractivity contribution in [3.8, 4) is 23.0 Å². The molecule has 0 spiro atoms. The molecule has 0 bridgehead atoms. The van der Waals surface area contributed by atoms with Gasteiger partial charge in [-0.2, -0.15) is 9.97 Å². The molecule has 0 radical (unpaired) electrons. The summed E-state index contributed by atoms with van der Waals surface area (Å²) < 4.78 is 10.4. The number of carbonyl (C=O) groups is 1. The first-order valence-electron chi connectivity index (χ1n) is 9.80. The standard InChI is InChI=1S/C23H25N5O3/c1-30-19-8-6-16(7-9-19)10-12-25-21-15-20(27-23(28-21)31-2)17-4-3-5-18(14-17)22(29)26-13-11-24/h3-9,11,14-15,24H,10,12-13H2,1-2H3,(H,26,29)(H,25,27,28). The molecule has 0 atom stereocenters. The van der Waals surface area contributed by atoms with Crippen molar-refractivity contribution in [2.24, 2.45) is 0 Å². The highest BCUT2D eigenvalue weighted by atomic mass is 16.5. The topological polar surface area (TPSA) is 109 Å². The summed E-state index contributed by atoms with van der Waals surface area (Å²) in [6, 6.07) is 17.1. The minimum Gasteiger partial charge on any atom is -0.497 e. The molecule has 1 amide bonds. The summed E-state index contributed by atoms with van der Waals surface area (Å²) in [5.74, 6) is 1.22. The monoisotopic (exact) mass is 419 g/mol.